The van der Waals surface area contributed by atoms with Crippen LogP contribution in [0.15, 0.2) is 0 Å². The first kappa shape index (κ1) is 11.9. The summed E-state index contributed by atoms with van der Waals surface area (Å²) in [6, 6.07) is 0. The van der Waals surface area contributed by atoms with Crippen LogP contribution in [0.2, 0.25) is 0 Å². The van der Waals surface area contributed by atoms with Gasteiger partial charge in [-0.1, -0.05) is 20.8 Å². The molecule has 0 saturated carbocycles. The van der Waals surface area contributed by atoms with Gasteiger partial charge in [0.1, 0.15) is 0 Å². The van der Waals surface area contributed by atoms with E-state index in [4.69, 9.17) is 0 Å². The Hall–Kier alpha value is -0.180. The molecule has 1 aliphatic rings. The van der Waals surface area contributed by atoms with Crippen molar-refractivity contribution in [3.8, 4) is 0 Å². The minimum atomic E-state index is -0.183. The molecule has 1 saturated heterocycles. The first-order chi connectivity index (χ1) is 6.31. The van der Waals surface area contributed by atoms with Crippen molar-refractivity contribution in [2.75, 3.05) is 0 Å². The van der Waals surface area contributed by atoms with E-state index in [0.717, 1.165) is 12.8 Å². The Morgan fingerprint density at radius 1 is 1.43 bits per heavy atom. The minimum absolute atomic E-state index is 0.0953. The molecule has 1 unspecified atom stereocenters. The van der Waals surface area contributed by atoms with Crippen molar-refractivity contribution in [3.05, 3.63) is 0 Å². The summed E-state index contributed by atoms with van der Waals surface area (Å²) in [5.41, 5.74) is 0. The molecule has 2 nitrogen and oxygen atoms in total. The van der Waals surface area contributed by atoms with E-state index in [1.165, 1.54) is 0 Å². The second-order valence-electron chi connectivity index (χ2n) is 5.01. The van der Waals surface area contributed by atoms with Crippen molar-refractivity contribution >= 4 is 17.7 Å². The summed E-state index contributed by atoms with van der Waals surface area (Å²) in [5.74, 6) is 0.797. The lowest BCUT2D eigenvalue weighted by Crippen LogP contribution is -2.39. The average Bonchev–Trinajstić information content (AvgIpc) is 2.21. The summed E-state index contributed by atoms with van der Waals surface area (Å²) < 4.78 is -0.183. The van der Waals surface area contributed by atoms with Crippen LogP contribution in [0, 0.1) is 5.92 Å². The van der Waals surface area contributed by atoms with Crippen molar-refractivity contribution in [2.45, 2.75) is 57.1 Å². The van der Waals surface area contributed by atoms with Crippen LogP contribution < -0.4 is 5.32 Å². The summed E-state index contributed by atoms with van der Waals surface area (Å²) >= 11 is 1.79. The third-order valence-electron chi connectivity index (χ3n) is 2.59. The second kappa shape index (κ2) is 3.76. The Balaban J connectivity index is 2.85. The number of hydrogen-bond donors (Lipinski definition) is 1. The predicted octanol–water partition coefficient (Wildman–Crippen LogP) is 2.78. The predicted molar refractivity (Wildman–Crippen MR) is 62.3 cm³/mol. The SMILES string of the molecule is CCC1(CC(C)C)SC(C)(C)NC1=O. The quantitative estimate of drug-likeness (QED) is 0.784. The summed E-state index contributed by atoms with van der Waals surface area (Å²) in [7, 11) is 0. The van der Waals surface area contributed by atoms with E-state index in [-0.39, 0.29) is 15.5 Å². The van der Waals surface area contributed by atoms with Crippen LogP contribution in [0.4, 0.5) is 0 Å². The van der Waals surface area contributed by atoms with Gasteiger partial charge < -0.3 is 5.32 Å². The number of carbonyl (C=O) groups is 1. The van der Waals surface area contributed by atoms with Crippen LogP contribution in [0.3, 0.4) is 0 Å². The fraction of sp³-hybridized carbons (Fsp3) is 0.909. The fourth-order valence-electron chi connectivity index (χ4n) is 2.12. The highest BCUT2D eigenvalue weighted by atomic mass is 32.2. The van der Waals surface area contributed by atoms with E-state index < -0.39 is 0 Å². The molecule has 1 heterocycles. The minimum Gasteiger partial charge on any atom is -0.341 e. The number of carbonyl (C=O) groups excluding carboxylic acids is 1. The average molecular weight is 215 g/mol. The summed E-state index contributed by atoms with van der Waals surface area (Å²) in [4.78, 5) is 11.9. The molecular formula is C11H21NOS. The van der Waals surface area contributed by atoms with Gasteiger partial charge in [-0.3, -0.25) is 4.79 Å². The second-order valence-corrected chi connectivity index (χ2v) is 7.02. The maximum Gasteiger partial charge on any atom is 0.237 e. The Labute approximate surface area is 91.2 Å². The van der Waals surface area contributed by atoms with Gasteiger partial charge >= 0.3 is 0 Å². The summed E-state index contributed by atoms with van der Waals surface area (Å²) in [6.07, 6.45) is 1.90. The van der Waals surface area contributed by atoms with E-state index in [1.54, 1.807) is 11.8 Å². The summed E-state index contributed by atoms with van der Waals surface area (Å²) in [5, 5.41) is 3.06. The monoisotopic (exact) mass is 215 g/mol. The highest BCUT2D eigenvalue weighted by Gasteiger charge is 2.49. The van der Waals surface area contributed by atoms with E-state index in [9.17, 15) is 4.79 Å². The van der Waals surface area contributed by atoms with Gasteiger partial charge in [0.2, 0.25) is 5.91 Å². The molecule has 1 atom stereocenters. The van der Waals surface area contributed by atoms with Gasteiger partial charge in [-0.2, -0.15) is 0 Å². The molecule has 0 aliphatic carbocycles. The van der Waals surface area contributed by atoms with Crippen LogP contribution in [-0.2, 0) is 4.79 Å². The van der Waals surface area contributed by atoms with Crippen LogP contribution in [0.25, 0.3) is 0 Å². The van der Waals surface area contributed by atoms with Crippen LogP contribution >= 0.6 is 11.8 Å². The fourth-order valence-corrected chi connectivity index (χ4v) is 3.94. The van der Waals surface area contributed by atoms with E-state index in [0.29, 0.717) is 5.92 Å². The Kier molecular flexibility index (Phi) is 3.20. The molecule has 0 aromatic rings. The third-order valence-corrected chi connectivity index (χ3v) is 4.23. The lowest BCUT2D eigenvalue weighted by Gasteiger charge is -2.27. The first-order valence-corrected chi connectivity index (χ1v) is 6.16. The van der Waals surface area contributed by atoms with Gasteiger partial charge in [-0.05, 0) is 32.6 Å². The van der Waals surface area contributed by atoms with Gasteiger partial charge in [0.25, 0.3) is 0 Å². The molecule has 14 heavy (non-hydrogen) atoms. The molecule has 1 N–H and O–H groups in total. The summed E-state index contributed by atoms with van der Waals surface area (Å²) in [6.45, 7) is 10.6. The van der Waals surface area contributed by atoms with E-state index in [2.05, 4.69) is 39.9 Å². The molecule has 3 heteroatoms. The van der Waals surface area contributed by atoms with Gasteiger partial charge in [-0.15, -0.1) is 11.8 Å². The largest absolute Gasteiger partial charge is 0.341 e. The molecule has 1 rings (SSSR count). The van der Waals surface area contributed by atoms with Crippen molar-refractivity contribution in [2.24, 2.45) is 5.92 Å². The Bertz CT molecular complexity index is 237. The van der Waals surface area contributed by atoms with Gasteiger partial charge in [0.15, 0.2) is 0 Å². The van der Waals surface area contributed by atoms with Crippen molar-refractivity contribution in [1.29, 1.82) is 0 Å². The van der Waals surface area contributed by atoms with Crippen LogP contribution in [-0.4, -0.2) is 15.5 Å². The Morgan fingerprint density at radius 3 is 2.29 bits per heavy atom. The lowest BCUT2D eigenvalue weighted by atomic mass is 9.93. The lowest BCUT2D eigenvalue weighted by molar-refractivity contribution is -0.123. The van der Waals surface area contributed by atoms with Gasteiger partial charge in [0, 0.05) is 0 Å². The number of nitrogens with one attached hydrogen (secondary N) is 1. The molecule has 0 radical (unpaired) electrons. The van der Waals surface area contributed by atoms with Gasteiger partial charge in [-0.25, -0.2) is 0 Å². The third kappa shape index (κ3) is 2.25. The van der Waals surface area contributed by atoms with Crippen LogP contribution in [0.5, 0.6) is 0 Å². The zero-order chi connectivity index (χ0) is 11.0. The highest BCUT2D eigenvalue weighted by Crippen LogP contribution is 2.47. The topological polar surface area (TPSA) is 29.1 Å². The maximum atomic E-state index is 11.9. The first-order valence-electron chi connectivity index (χ1n) is 5.34. The molecular weight excluding hydrogens is 194 g/mol. The maximum absolute atomic E-state index is 11.9. The number of amides is 1. The van der Waals surface area contributed by atoms with Gasteiger partial charge in [0.05, 0.1) is 9.62 Å². The molecule has 82 valence electrons. The van der Waals surface area contributed by atoms with Crippen molar-refractivity contribution in [1.82, 2.24) is 5.32 Å². The van der Waals surface area contributed by atoms with Crippen molar-refractivity contribution < 1.29 is 4.79 Å². The Morgan fingerprint density at radius 2 is 2.00 bits per heavy atom. The molecule has 0 aromatic heterocycles. The normalized spacial score (nSPS) is 30.9. The van der Waals surface area contributed by atoms with E-state index >= 15 is 0 Å². The molecule has 1 amide bonds. The number of hydrogen-bond acceptors (Lipinski definition) is 2. The molecule has 0 spiro atoms. The highest BCUT2D eigenvalue weighted by molar-refractivity contribution is 8.03. The number of thioether (sulfide) groups is 1. The zero-order valence-electron chi connectivity index (χ0n) is 9.81. The van der Waals surface area contributed by atoms with E-state index in [1.807, 2.05) is 0 Å². The molecule has 0 bridgehead atoms. The molecule has 1 aliphatic heterocycles. The molecule has 1 fully saturated rings. The smallest absolute Gasteiger partial charge is 0.237 e. The van der Waals surface area contributed by atoms with Crippen molar-refractivity contribution in [3.63, 3.8) is 0 Å². The molecule has 0 aromatic carbocycles. The zero-order valence-corrected chi connectivity index (χ0v) is 10.6. The standard InChI is InChI=1S/C11H21NOS/c1-6-11(7-8(2)3)9(13)12-10(4,5)14-11/h8H,6-7H2,1-5H3,(H,12,13). The number of rotatable bonds is 3. The van der Waals surface area contributed by atoms with Crippen LogP contribution in [0.1, 0.15) is 47.5 Å².